The molecule has 0 aliphatic rings. The van der Waals surface area contributed by atoms with Crippen molar-refractivity contribution in [2.75, 3.05) is 0 Å². The van der Waals surface area contributed by atoms with Crippen LogP contribution in [-0.4, -0.2) is 11.0 Å². The number of aryl methyl sites for hydroxylation is 3. The van der Waals surface area contributed by atoms with Gasteiger partial charge >= 0.3 is 0 Å². The molecule has 0 aliphatic carbocycles. The van der Waals surface area contributed by atoms with E-state index in [9.17, 15) is 9.90 Å². The molecule has 0 spiro atoms. The molecule has 1 unspecified atom stereocenters. The van der Waals surface area contributed by atoms with Gasteiger partial charge in [-0.05, 0) is 48.6 Å². The van der Waals surface area contributed by atoms with Gasteiger partial charge in [0.05, 0.1) is 10.0 Å². The summed E-state index contributed by atoms with van der Waals surface area (Å²) in [6.45, 7) is 6.53. The summed E-state index contributed by atoms with van der Waals surface area (Å²) in [6.07, 6.45) is 2.25. The lowest BCUT2D eigenvalue weighted by atomic mass is 9.86. The highest BCUT2D eigenvalue weighted by atomic mass is 35.5. The van der Waals surface area contributed by atoms with E-state index >= 15 is 0 Å². The summed E-state index contributed by atoms with van der Waals surface area (Å²) in [5.74, 6) is -1.18. The summed E-state index contributed by atoms with van der Waals surface area (Å²) in [6, 6.07) is 23.5. The second-order valence-corrected chi connectivity index (χ2v) is 11.3. The topological polar surface area (TPSA) is 49.3 Å². The van der Waals surface area contributed by atoms with Gasteiger partial charge in [-0.15, -0.1) is 0 Å². The van der Waals surface area contributed by atoms with Crippen LogP contribution in [0.1, 0.15) is 44.9 Å². The van der Waals surface area contributed by atoms with Crippen molar-refractivity contribution in [3.8, 4) is 5.75 Å². The van der Waals surface area contributed by atoms with Crippen LogP contribution in [0.4, 0.5) is 0 Å². The second-order valence-electron chi connectivity index (χ2n) is 9.82. The molecule has 0 saturated carbocycles. The fraction of sp³-hybridized carbons (Fsp3) is 0.182. The molecule has 0 heterocycles. The first kappa shape index (κ1) is 30.0. The van der Waals surface area contributed by atoms with E-state index in [-0.39, 0.29) is 31.7 Å². The van der Waals surface area contributed by atoms with Crippen LogP contribution >= 0.6 is 46.4 Å². The van der Waals surface area contributed by atoms with Gasteiger partial charge in [-0.2, -0.15) is 0 Å². The number of amides is 1. The lowest BCUT2D eigenvalue weighted by Crippen LogP contribution is -2.26. The molecule has 2 N–H and O–H groups in total. The molecule has 0 bridgehead atoms. The summed E-state index contributed by atoms with van der Waals surface area (Å²) >= 11 is 26.1. The third kappa shape index (κ3) is 6.67. The number of benzene rings is 4. The number of nitrogens with one attached hydrogen (secondary N) is 1. The Kier molecular flexibility index (Phi) is 9.86. The molecule has 1 atom stereocenters. The molecular formula is C33H29Cl4NO2. The Hall–Kier alpha value is -2.95. The van der Waals surface area contributed by atoms with E-state index in [1.807, 2.05) is 66.7 Å². The number of hydrogen-bond donors (Lipinski definition) is 2. The maximum atomic E-state index is 13.8. The van der Waals surface area contributed by atoms with Gasteiger partial charge in [0.2, 0.25) is 5.91 Å². The number of carbonyl (C=O) groups excluding carboxylic acids is 1. The van der Waals surface area contributed by atoms with Crippen LogP contribution in [0.3, 0.4) is 0 Å². The molecule has 206 valence electrons. The normalized spacial score (nSPS) is 12.3. The maximum Gasteiger partial charge on any atom is 0.247 e. The van der Waals surface area contributed by atoms with Gasteiger partial charge in [0.25, 0.3) is 0 Å². The average Bonchev–Trinajstić information content (AvgIpc) is 2.95. The SMILES string of the molecule is Cc1cc(C)c(C/C(=C\C(c2ccccc2)c2c(Cl)c(Cl)c(O)c(Cl)c2Cl)C(=O)NCc2ccccc2)c(C)c1. The predicted molar refractivity (Wildman–Crippen MR) is 167 cm³/mol. The summed E-state index contributed by atoms with van der Waals surface area (Å²) in [5, 5.41) is 13.4. The van der Waals surface area contributed by atoms with Crippen LogP contribution in [0.5, 0.6) is 5.75 Å². The number of halogens is 4. The fourth-order valence-corrected chi connectivity index (χ4v) is 6.00. The van der Waals surface area contributed by atoms with Crippen LogP contribution in [0, 0.1) is 20.8 Å². The number of carbonyl (C=O) groups is 1. The van der Waals surface area contributed by atoms with Crippen LogP contribution in [0.2, 0.25) is 20.1 Å². The van der Waals surface area contributed by atoms with Gasteiger partial charge in [0, 0.05) is 30.0 Å². The zero-order chi connectivity index (χ0) is 29.0. The van der Waals surface area contributed by atoms with Gasteiger partial charge in [0.1, 0.15) is 10.0 Å². The number of allylic oxidation sites excluding steroid dienone is 1. The minimum absolute atomic E-state index is 0.0745. The summed E-state index contributed by atoms with van der Waals surface area (Å²) in [5.41, 5.74) is 7.19. The number of phenols is 1. The first-order valence-electron chi connectivity index (χ1n) is 12.8. The Bertz CT molecular complexity index is 1510. The third-order valence-corrected chi connectivity index (χ3v) is 8.62. The van der Waals surface area contributed by atoms with Crippen molar-refractivity contribution in [2.24, 2.45) is 0 Å². The van der Waals surface area contributed by atoms with E-state index in [1.165, 1.54) is 0 Å². The zero-order valence-electron chi connectivity index (χ0n) is 22.4. The molecule has 1 amide bonds. The van der Waals surface area contributed by atoms with Crippen LogP contribution in [0.25, 0.3) is 0 Å². The third-order valence-electron chi connectivity index (χ3n) is 6.91. The van der Waals surface area contributed by atoms with E-state index in [0.29, 0.717) is 24.1 Å². The van der Waals surface area contributed by atoms with Crippen molar-refractivity contribution >= 4 is 52.3 Å². The molecule has 4 aromatic rings. The quantitative estimate of drug-likeness (QED) is 0.154. The first-order chi connectivity index (χ1) is 19.1. The zero-order valence-corrected chi connectivity index (χ0v) is 25.4. The first-order valence-corrected chi connectivity index (χ1v) is 14.3. The van der Waals surface area contributed by atoms with Gasteiger partial charge in [-0.25, -0.2) is 0 Å². The summed E-state index contributed by atoms with van der Waals surface area (Å²) in [7, 11) is 0. The Labute approximate surface area is 255 Å². The minimum atomic E-state index is -0.583. The molecule has 0 aromatic heterocycles. The number of rotatable bonds is 8. The molecule has 0 aliphatic heterocycles. The highest BCUT2D eigenvalue weighted by Crippen LogP contribution is 2.49. The molecule has 4 aromatic carbocycles. The fourth-order valence-electron chi connectivity index (χ4n) is 4.90. The van der Waals surface area contributed by atoms with Crippen molar-refractivity contribution in [2.45, 2.75) is 39.7 Å². The Balaban J connectivity index is 1.89. The maximum absolute atomic E-state index is 13.8. The van der Waals surface area contributed by atoms with Crippen LogP contribution in [0.15, 0.2) is 84.4 Å². The largest absolute Gasteiger partial charge is 0.505 e. The molecule has 4 rings (SSSR count). The molecule has 40 heavy (non-hydrogen) atoms. The molecule has 3 nitrogen and oxygen atoms in total. The van der Waals surface area contributed by atoms with E-state index in [4.69, 9.17) is 46.4 Å². The monoisotopic (exact) mass is 611 g/mol. The number of hydrogen-bond acceptors (Lipinski definition) is 2. The van der Waals surface area contributed by atoms with Gasteiger partial charge in [-0.1, -0.05) is 131 Å². The van der Waals surface area contributed by atoms with Crippen molar-refractivity contribution in [1.82, 2.24) is 5.32 Å². The highest BCUT2D eigenvalue weighted by molar-refractivity contribution is 6.49. The van der Waals surface area contributed by atoms with Crippen molar-refractivity contribution in [1.29, 1.82) is 0 Å². The van der Waals surface area contributed by atoms with Crippen molar-refractivity contribution in [3.63, 3.8) is 0 Å². The van der Waals surface area contributed by atoms with E-state index in [2.05, 4.69) is 38.2 Å². The van der Waals surface area contributed by atoms with E-state index in [0.717, 1.165) is 33.4 Å². The summed E-state index contributed by atoms with van der Waals surface area (Å²) < 4.78 is 0. The number of phenolic OH excluding ortho intramolecular Hbond substituents is 1. The predicted octanol–water partition coefficient (Wildman–Crippen LogP) is 9.55. The van der Waals surface area contributed by atoms with Crippen molar-refractivity contribution < 1.29 is 9.90 Å². The lowest BCUT2D eigenvalue weighted by Gasteiger charge is -2.22. The standard InChI is InChI=1S/C33H29Cl4NO2/c1-19-14-20(2)25(21(3)15-19)16-24(33(40)38-18-22-10-6-4-7-11-22)17-26(23-12-8-5-9-13-23)27-28(34)30(36)32(39)31(37)29(27)35/h4-15,17,26,39H,16,18H2,1-3H3,(H,38,40)/b24-17+. The van der Waals surface area contributed by atoms with E-state index < -0.39 is 5.92 Å². The van der Waals surface area contributed by atoms with Crippen LogP contribution in [-0.2, 0) is 17.8 Å². The Morgan fingerprint density at radius 2 is 1.35 bits per heavy atom. The van der Waals surface area contributed by atoms with E-state index in [1.54, 1.807) is 0 Å². The van der Waals surface area contributed by atoms with Gasteiger partial charge < -0.3 is 10.4 Å². The molecule has 7 heteroatoms. The van der Waals surface area contributed by atoms with Crippen molar-refractivity contribution in [3.05, 3.63) is 143 Å². The van der Waals surface area contributed by atoms with Gasteiger partial charge in [0.15, 0.2) is 5.75 Å². The Morgan fingerprint density at radius 3 is 1.90 bits per heavy atom. The second kappa shape index (κ2) is 13.1. The molecule has 0 fully saturated rings. The molecular weight excluding hydrogens is 584 g/mol. The molecule has 0 radical (unpaired) electrons. The minimum Gasteiger partial charge on any atom is -0.505 e. The van der Waals surface area contributed by atoms with Gasteiger partial charge in [-0.3, -0.25) is 4.79 Å². The Morgan fingerprint density at radius 1 is 0.825 bits per heavy atom. The highest BCUT2D eigenvalue weighted by Gasteiger charge is 2.27. The summed E-state index contributed by atoms with van der Waals surface area (Å²) in [4.78, 5) is 13.8. The average molecular weight is 613 g/mol. The lowest BCUT2D eigenvalue weighted by molar-refractivity contribution is -0.117. The number of aromatic hydroxyl groups is 1. The smallest absolute Gasteiger partial charge is 0.247 e. The molecule has 0 saturated heterocycles. The van der Waals surface area contributed by atoms with Crippen LogP contribution < -0.4 is 5.32 Å².